The van der Waals surface area contributed by atoms with Gasteiger partial charge in [0.1, 0.15) is 12.5 Å². The number of rotatable bonds is 4. The molecule has 1 aromatic heterocycles. The van der Waals surface area contributed by atoms with Crippen LogP contribution in [0, 0.1) is 5.82 Å². The smallest absolute Gasteiger partial charge is 0.255 e. The van der Waals surface area contributed by atoms with Crippen LogP contribution in [0.3, 0.4) is 0 Å². The van der Waals surface area contributed by atoms with E-state index in [1.165, 1.54) is 12.1 Å². The second-order valence-corrected chi connectivity index (χ2v) is 4.57. The zero-order valence-electron chi connectivity index (χ0n) is 10.5. The minimum absolute atomic E-state index is 0.0674. The molecule has 1 heterocycles. The molecule has 21 heavy (non-hydrogen) atoms. The third kappa shape index (κ3) is 3.03. The van der Waals surface area contributed by atoms with Crippen LogP contribution in [0.4, 0.5) is 20.2 Å². The van der Waals surface area contributed by atoms with Crippen molar-refractivity contribution in [1.82, 2.24) is 4.98 Å². The number of hydrogen-bond donors (Lipinski definition) is 3. The highest BCUT2D eigenvalue weighted by molar-refractivity contribution is 6.30. The fourth-order valence-electron chi connectivity index (χ4n) is 1.76. The monoisotopic (exact) mass is 313 g/mol. The van der Waals surface area contributed by atoms with Gasteiger partial charge in [-0.25, -0.2) is 8.78 Å². The molecule has 0 saturated heterocycles. The molecule has 0 spiro atoms. The van der Waals surface area contributed by atoms with Crippen LogP contribution in [-0.4, -0.2) is 10.9 Å². The van der Waals surface area contributed by atoms with E-state index < -0.39 is 24.0 Å². The van der Waals surface area contributed by atoms with Crippen LogP contribution in [0.2, 0.25) is 5.02 Å². The van der Waals surface area contributed by atoms with E-state index in [4.69, 9.17) is 17.3 Å². The third-order valence-electron chi connectivity index (χ3n) is 2.78. The number of anilines is 2. The van der Waals surface area contributed by atoms with Gasteiger partial charge >= 0.3 is 0 Å². The number of primary amides is 1. The SMILES string of the molecule is NC(=O)c1c[nH]c(=O)c(CF)c1Nc1ccc(Cl)cc1F. The molecule has 0 unspecified atom stereocenters. The minimum Gasteiger partial charge on any atom is -0.365 e. The fraction of sp³-hybridized carbons (Fsp3) is 0.0769. The van der Waals surface area contributed by atoms with Crippen LogP contribution in [0.25, 0.3) is 0 Å². The van der Waals surface area contributed by atoms with E-state index in [-0.39, 0.29) is 27.5 Å². The second kappa shape index (κ2) is 5.92. The Morgan fingerprint density at radius 3 is 2.71 bits per heavy atom. The van der Waals surface area contributed by atoms with Crippen molar-refractivity contribution in [3.8, 4) is 0 Å². The van der Waals surface area contributed by atoms with E-state index in [1.54, 1.807) is 0 Å². The number of alkyl halides is 1. The lowest BCUT2D eigenvalue weighted by Crippen LogP contribution is -2.21. The largest absolute Gasteiger partial charge is 0.365 e. The van der Waals surface area contributed by atoms with Crippen molar-refractivity contribution in [1.29, 1.82) is 0 Å². The molecule has 1 amide bonds. The average Bonchev–Trinajstić information content (AvgIpc) is 2.41. The maximum atomic E-state index is 13.8. The summed E-state index contributed by atoms with van der Waals surface area (Å²) < 4.78 is 26.8. The molecule has 4 N–H and O–H groups in total. The first-order chi connectivity index (χ1) is 9.93. The van der Waals surface area contributed by atoms with Gasteiger partial charge in [-0.05, 0) is 18.2 Å². The Balaban J connectivity index is 2.59. The summed E-state index contributed by atoms with van der Waals surface area (Å²) in [6, 6.07) is 3.74. The Hall–Kier alpha value is -2.41. The number of carbonyl (C=O) groups excluding carboxylic acids is 1. The Labute approximate surface area is 122 Å². The molecular weight excluding hydrogens is 304 g/mol. The summed E-state index contributed by atoms with van der Waals surface area (Å²) in [6.45, 7) is -1.14. The van der Waals surface area contributed by atoms with Gasteiger partial charge in [0.25, 0.3) is 11.5 Å². The van der Waals surface area contributed by atoms with Crippen LogP contribution in [0.15, 0.2) is 29.2 Å². The number of aromatic nitrogens is 1. The summed E-state index contributed by atoms with van der Waals surface area (Å²) in [5.74, 6) is -1.61. The number of hydrogen-bond acceptors (Lipinski definition) is 3. The molecule has 0 aliphatic rings. The van der Waals surface area contributed by atoms with Gasteiger partial charge in [-0.3, -0.25) is 9.59 Å². The minimum atomic E-state index is -1.14. The first-order valence-electron chi connectivity index (χ1n) is 5.76. The summed E-state index contributed by atoms with van der Waals surface area (Å²) in [5.41, 5.74) is 3.69. The second-order valence-electron chi connectivity index (χ2n) is 4.13. The maximum Gasteiger partial charge on any atom is 0.255 e. The number of carbonyl (C=O) groups is 1. The van der Waals surface area contributed by atoms with E-state index in [0.717, 1.165) is 12.3 Å². The molecule has 0 fully saturated rings. The molecule has 110 valence electrons. The van der Waals surface area contributed by atoms with Crippen molar-refractivity contribution in [3.63, 3.8) is 0 Å². The van der Waals surface area contributed by atoms with Gasteiger partial charge in [0.15, 0.2) is 0 Å². The Kier molecular flexibility index (Phi) is 4.23. The van der Waals surface area contributed by atoms with E-state index >= 15 is 0 Å². The van der Waals surface area contributed by atoms with Gasteiger partial charge < -0.3 is 16.0 Å². The number of benzene rings is 1. The average molecular weight is 314 g/mol. The van der Waals surface area contributed by atoms with Crippen LogP contribution in [-0.2, 0) is 6.67 Å². The van der Waals surface area contributed by atoms with Gasteiger partial charge in [0, 0.05) is 11.2 Å². The number of aromatic amines is 1. The Morgan fingerprint density at radius 1 is 1.43 bits per heavy atom. The molecule has 0 aliphatic carbocycles. The third-order valence-corrected chi connectivity index (χ3v) is 3.02. The van der Waals surface area contributed by atoms with Crippen molar-refractivity contribution < 1.29 is 13.6 Å². The molecule has 5 nitrogen and oxygen atoms in total. The first-order valence-corrected chi connectivity index (χ1v) is 6.14. The maximum absolute atomic E-state index is 13.8. The zero-order valence-corrected chi connectivity index (χ0v) is 11.3. The van der Waals surface area contributed by atoms with Crippen molar-refractivity contribution in [2.75, 3.05) is 5.32 Å². The Morgan fingerprint density at radius 2 is 2.14 bits per heavy atom. The molecule has 1 aromatic carbocycles. The molecule has 2 aromatic rings. The van der Waals surface area contributed by atoms with Gasteiger partial charge in [0.05, 0.1) is 22.5 Å². The van der Waals surface area contributed by atoms with Crippen LogP contribution < -0.4 is 16.6 Å². The molecule has 0 aliphatic heterocycles. The van der Waals surface area contributed by atoms with E-state index in [2.05, 4.69) is 10.3 Å². The van der Waals surface area contributed by atoms with Gasteiger partial charge in [-0.15, -0.1) is 0 Å². The molecular formula is C13H10ClF2N3O2. The first kappa shape index (κ1) is 15.0. The van der Waals surface area contributed by atoms with Gasteiger partial charge in [0.2, 0.25) is 0 Å². The fourth-order valence-corrected chi connectivity index (χ4v) is 1.92. The van der Waals surface area contributed by atoms with E-state index in [9.17, 15) is 18.4 Å². The van der Waals surface area contributed by atoms with Gasteiger partial charge in [-0.2, -0.15) is 0 Å². The van der Waals surface area contributed by atoms with E-state index in [0.29, 0.717) is 0 Å². The predicted octanol–water partition coefficient (Wildman–Crippen LogP) is 2.48. The normalized spacial score (nSPS) is 10.4. The highest BCUT2D eigenvalue weighted by Gasteiger charge is 2.17. The van der Waals surface area contributed by atoms with Crippen molar-refractivity contribution in [2.24, 2.45) is 5.73 Å². The predicted molar refractivity (Wildman–Crippen MR) is 75.1 cm³/mol. The number of pyridine rings is 1. The number of nitrogens with two attached hydrogens (primary N) is 1. The summed E-state index contributed by atoms with van der Waals surface area (Å²) in [4.78, 5) is 25.1. The van der Waals surface area contributed by atoms with Crippen molar-refractivity contribution in [3.05, 3.63) is 56.7 Å². The lowest BCUT2D eigenvalue weighted by molar-refractivity contribution is 0.100. The zero-order chi connectivity index (χ0) is 15.6. The highest BCUT2D eigenvalue weighted by atomic mass is 35.5. The molecule has 0 atom stereocenters. The lowest BCUT2D eigenvalue weighted by Gasteiger charge is -2.13. The number of amides is 1. The summed E-state index contributed by atoms with van der Waals surface area (Å²) in [7, 11) is 0. The standard InChI is InChI=1S/C13H10ClF2N3O2/c14-6-1-2-10(9(16)3-6)19-11-7(4-15)13(21)18-5-8(11)12(17)20/h1-3,5H,4H2,(H2,17,20)(H2,18,19,21). The van der Waals surface area contributed by atoms with Crippen molar-refractivity contribution >= 4 is 28.9 Å². The Bertz CT molecular complexity index is 762. The molecule has 0 saturated carbocycles. The molecule has 0 radical (unpaired) electrons. The number of nitrogens with one attached hydrogen (secondary N) is 2. The topological polar surface area (TPSA) is 88.0 Å². The van der Waals surface area contributed by atoms with Crippen molar-refractivity contribution in [2.45, 2.75) is 6.67 Å². The lowest BCUT2D eigenvalue weighted by atomic mass is 10.1. The number of halogens is 3. The number of H-pyrrole nitrogens is 1. The molecule has 0 bridgehead atoms. The quantitative estimate of drug-likeness (QED) is 0.810. The van der Waals surface area contributed by atoms with E-state index in [1.807, 2.05) is 0 Å². The highest BCUT2D eigenvalue weighted by Crippen LogP contribution is 2.26. The van der Waals surface area contributed by atoms with Crippen LogP contribution in [0.1, 0.15) is 15.9 Å². The summed E-state index contributed by atoms with van der Waals surface area (Å²) in [6.07, 6.45) is 1.04. The molecule has 8 heteroatoms. The van der Waals surface area contributed by atoms with Crippen LogP contribution in [0.5, 0.6) is 0 Å². The summed E-state index contributed by atoms with van der Waals surface area (Å²) in [5, 5.41) is 2.69. The summed E-state index contributed by atoms with van der Waals surface area (Å²) >= 11 is 5.63. The van der Waals surface area contributed by atoms with Crippen LogP contribution >= 0.6 is 11.6 Å². The molecule has 2 rings (SSSR count). The van der Waals surface area contributed by atoms with Gasteiger partial charge in [-0.1, -0.05) is 11.6 Å².